The number of anilines is 1. The van der Waals surface area contributed by atoms with Crippen LogP contribution in [0, 0.1) is 6.92 Å². The molecule has 4 nitrogen and oxygen atoms in total. The third-order valence-electron chi connectivity index (χ3n) is 2.40. The molecule has 1 rings (SSSR count). The number of aryl methyl sites for hydroxylation is 1. The summed E-state index contributed by atoms with van der Waals surface area (Å²) in [5.74, 6) is 0.738. The minimum atomic E-state index is -0.497. The summed E-state index contributed by atoms with van der Waals surface area (Å²) in [5, 5.41) is 2.86. The lowest BCUT2D eigenvalue weighted by Crippen LogP contribution is -2.36. The summed E-state index contributed by atoms with van der Waals surface area (Å²) in [6.45, 7) is 8.17. The second-order valence-corrected chi connectivity index (χ2v) is 5.12. The standard InChI is InChI=1S/C14H22N2O2/c1-5-18-11-6-7-12(10(2)8-11)16-13(17)9-14(3,4)15/h6-8H,5,9,15H2,1-4H3,(H,16,17). The molecule has 1 aromatic carbocycles. The molecule has 0 fully saturated rings. The number of hydrogen-bond donors (Lipinski definition) is 2. The van der Waals surface area contributed by atoms with Gasteiger partial charge in [-0.2, -0.15) is 0 Å². The van der Waals surface area contributed by atoms with Crippen LogP contribution in [0.5, 0.6) is 5.75 Å². The summed E-state index contributed by atoms with van der Waals surface area (Å²) in [6, 6.07) is 5.61. The third kappa shape index (κ3) is 4.75. The van der Waals surface area contributed by atoms with Gasteiger partial charge in [-0.3, -0.25) is 4.79 Å². The maximum absolute atomic E-state index is 11.8. The Morgan fingerprint density at radius 1 is 1.44 bits per heavy atom. The van der Waals surface area contributed by atoms with Gasteiger partial charge in [-0.15, -0.1) is 0 Å². The number of carbonyl (C=O) groups excluding carboxylic acids is 1. The monoisotopic (exact) mass is 250 g/mol. The largest absolute Gasteiger partial charge is 0.494 e. The molecule has 0 aliphatic carbocycles. The Labute approximate surface area is 109 Å². The van der Waals surface area contributed by atoms with E-state index in [-0.39, 0.29) is 5.91 Å². The van der Waals surface area contributed by atoms with E-state index in [1.807, 2.05) is 45.9 Å². The van der Waals surface area contributed by atoms with Gasteiger partial charge in [-0.1, -0.05) is 0 Å². The molecule has 0 atom stereocenters. The molecule has 0 saturated carbocycles. The Morgan fingerprint density at radius 2 is 2.11 bits per heavy atom. The van der Waals surface area contributed by atoms with Crippen molar-refractivity contribution in [1.82, 2.24) is 0 Å². The molecule has 0 spiro atoms. The van der Waals surface area contributed by atoms with E-state index in [0.717, 1.165) is 17.0 Å². The van der Waals surface area contributed by atoms with E-state index in [9.17, 15) is 4.79 Å². The summed E-state index contributed by atoms with van der Waals surface area (Å²) < 4.78 is 5.39. The molecule has 1 amide bonds. The van der Waals surface area contributed by atoms with E-state index in [1.165, 1.54) is 0 Å². The molecule has 0 aliphatic rings. The number of carbonyl (C=O) groups is 1. The molecule has 100 valence electrons. The maximum atomic E-state index is 11.8. The minimum absolute atomic E-state index is 0.0743. The Bertz CT molecular complexity index is 422. The first-order valence-corrected chi connectivity index (χ1v) is 6.14. The normalized spacial score (nSPS) is 11.2. The summed E-state index contributed by atoms with van der Waals surface area (Å²) in [4.78, 5) is 11.8. The van der Waals surface area contributed by atoms with Crippen LogP contribution in [0.1, 0.15) is 32.8 Å². The van der Waals surface area contributed by atoms with Gasteiger partial charge in [0.05, 0.1) is 6.61 Å². The van der Waals surface area contributed by atoms with E-state index in [4.69, 9.17) is 10.5 Å². The molecule has 4 heteroatoms. The van der Waals surface area contributed by atoms with Gasteiger partial charge in [0.2, 0.25) is 5.91 Å². The second-order valence-electron chi connectivity index (χ2n) is 5.12. The van der Waals surface area contributed by atoms with Gasteiger partial charge in [-0.05, 0) is 51.5 Å². The van der Waals surface area contributed by atoms with Crippen molar-refractivity contribution >= 4 is 11.6 Å². The minimum Gasteiger partial charge on any atom is -0.494 e. The fourth-order valence-electron chi connectivity index (χ4n) is 1.64. The summed E-state index contributed by atoms with van der Waals surface area (Å²) in [5.41, 5.74) is 7.09. The van der Waals surface area contributed by atoms with Gasteiger partial charge in [0.15, 0.2) is 0 Å². The number of benzene rings is 1. The number of amides is 1. The van der Waals surface area contributed by atoms with Crippen LogP contribution in [0.15, 0.2) is 18.2 Å². The van der Waals surface area contributed by atoms with Crippen LogP contribution in [0.25, 0.3) is 0 Å². The molecule has 0 heterocycles. The van der Waals surface area contributed by atoms with Crippen molar-refractivity contribution in [3.63, 3.8) is 0 Å². The topological polar surface area (TPSA) is 64.3 Å². The molecule has 3 N–H and O–H groups in total. The van der Waals surface area contributed by atoms with Crippen molar-refractivity contribution in [2.75, 3.05) is 11.9 Å². The third-order valence-corrected chi connectivity index (χ3v) is 2.40. The number of nitrogens with one attached hydrogen (secondary N) is 1. The van der Waals surface area contributed by atoms with E-state index in [1.54, 1.807) is 0 Å². The van der Waals surface area contributed by atoms with E-state index in [2.05, 4.69) is 5.32 Å². The average molecular weight is 250 g/mol. The average Bonchev–Trinajstić information content (AvgIpc) is 2.20. The van der Waals surface area contributed by atoms with Crippen LogP contribution >= 0.6 is 0 Å². The summed E-state index contributed by atoms with van der Waals surface area (Å²) in [7, 11) is 0. The maximum Gasteiger partial charge on any atom is 0.226 e. The highest BCUT2D eigenvalue weighted by molar-refractivity contribution is 5.92. The van der Waals surface area contributed by atoms with Crippen molar-refractivity contribution in [3.05, 3.63) is 23.8 Å². The first kappa shape index (κ1) is 14.5. The smallest absolute Gasteiger partial charge is 0.226 e. The van der Waals surface area contributed by atoms with E-state index < -0.39 is 5.54 Å². The van der Waals surface area contributed by atoms with E-state index >= 15 is 0 Å². The van der Waals surface area contributed by atoms with Crippen LogP contribution in [-0.4, -0.2) is 18.1 Å². The molecule has 0 bridgehead atoms. The van der Waals surface area contributed by atoms with Gasteiger partial charge >= 0.3 is 0 Å². The number of rotatable bonds is 5. The van der Waals surface area contributed by atoms with Crippen molar-refractivity contribution in [2.24, 2.45) is 5.73 Å². The molecular weight excluding hydrogens is 228 g/mol. The van der Waals surface area contributed by atoms with Gasteiger partial charge in [0.1, 0.15) is 5.75 Å². The fraction of sp³-hybridized carbons (Fsp3) is 0.500. The lowest BCUT2D eigenvalue weighted by molar-refractivity contribution is -0.117. The van der Waals surface area contributed by atoms with Gasteiger partial charge in [-0.25, -0.2) is 0 Å². The zero-order valence-electron chi connectivity index (χ0n) is 11.5. The highest BCUT2D eigenvalue weighted by Gasteiger charge is 2.16. The highest BCUT2D eigenvalue weighted by atomic mass is 16.5. The zero-order chi connectivity index (χ0) is 13.8. The fourth-order valence-corrected chi connectivity index (χ4v) is 1.64. The Hall–Kier alpha value is -1.55. The first-order chi connectivity index (χ1) is 8.31. The zero-order valence-corrected chi connectivity index (χ0v) is 11.5. The molecule has 0 unspecified atom stereocenters. The lowest BCUT2D eigenvalue weighted by Gasteiger charge is -2.18. The Morgan fingerprint density at radius 3 is 2.61 bits per heavy atom. The van der Waals surface area contributed by atoms with Crippen LogP contribution in [-0.2, 0) is 4.79 Å². The van der Waals surface area contributed by atoms with Crippen molar-refractivity contribution in [3.8, 4) is 5.75 Å². The molecule has 0 aromatic heterocycles. The summed E-state index contributed by atoms with van der Waals surface area (Å²) >= 11 is 0. The van der Waals surface area contributed by atoms with Crippen LogP contribution in [0.4, 0.5) is 5.69 Å². The molecule has 0 aliphatic heterocycles. The highest BCUT2D eigenvalue weighted by Crippen LogP contribution is 2.21. The van der Waals surface area contributed by atoms with Crippen LogP contribution in [0.2, 0.25) is 0 Å². The predicted molar refractivity (Wildman–Crippen MR) is 73.9 cm³/mol. The SMILES string of the molecule is CCOc1ccc(NC(=O)CC(C)(C)N)c(C)c1. The number of ether oxygens (including phenoxy) is 1. The molecular formula is C14H22N2O2. The van der Waals surface area contributed by atoms with Gasteiger partial charge < -0.3 is 15.8 Å². The van der Waals surface area contributed by atoms with Gasteiger partial charge in [0.25, 0.3) is 0 Å². The number of nitrogens with two attached hydrogens (primary N) is 1. The number of hydrogen-bond acceptors (Lipinski definition) is 3. The molecule has 18 heavy (non-hydrogen) atoms. The molecule has 1 aromatic rings. The Balaban J connectivity index is 2.71. The molecule has 0 saturated heterocycles. The van der Waals surface area contributed by atoms with Crippen molar-refractivity contribution in [2.45, 2.75) is 39.7 Å². The summed E-state index contributed by atoms with van der Waals surface area (Å²) in [6.07, 6.45) is 0.291. The quantitative estimate of drug-likeness (QED) is 0.843. The van der Waals surface area contributed by atoms with Crippen LogP contribution in [0.3, 0.4) is 0 Å². The second kappa shape index (κ2) is 5.87. The lowest BCUT2D eigenvalue weighted by atomic mass is 10.0. The Kier molecular flexibility index (Phi) is 4.73. The van der Waals surface area contributed by atoms with Crippen molar-refractivity contribution in [1.29, 1.82) is 0 Å². The first-order valence-electron chi connectivity index (χ1n) is 6.14. The van der Waals surface area contributed by atoms with Gasteiger partial charge in [0, 0.05) is 17.6 Å². The predicted octanol–water partition coefficient (Wildman–Crippen LogP) is 2.46. The molecule has 0 radical (unpaired) electrons. The van der Waals surface area contributed by atoms with Crippen molar-refractivity contribution < 1.29 is 9.53 Å². The van der Waals surface area contributed by atoms with E-state index in [0.29, 0.717) is 13.0 Å². The van der Waals surface area contributed by atoms with Crippen LogP contribution < -0.4 is 15.8 Å².